The summed E-state index contributed by atoms with van der Waals surface area (Å²) in [4.78, 5) is 4.67. The molecule has 0 spiro atoms. The van der Waals surface area contributed by atoms with Crippen LogP contribution < -0.4 is 5.73 Å². The maximum atomic E-state index is 6.49. The molecule has 0 radical (unpaired) electrons. The second-order valence-electron chi connectivity index (χ2n) is 4.87. The minimum atomic E-state index is -0.407. The number of nitrogens with two attached hydrogens (primary N) is 1. The van der Waals surface area contributed by atoms with Gasteiger partial charge in [0.1, 0.15) is 5.82 Å². The molecule has 1 aromatic heterocycles. The summed E-state index contributed by atoms with van der Waals surface area (Å²) in [7, 11) is 1.97. The van der Waals surface area contributed by atoms with Crippen LogP contribution >= 0.6 is 11.6 Å². The summed E-state index contributed by atoms with van der Waals surface area (Å²) >= 11 is 6.23. The number of hydrogen-bond acceptors (Lipinski definition) is 3. The Kier molecular flexibility index (Phi) is 2.81. The van der Waals surface area contributed by atoms with Gasteiger partial charge in [0, 0.05) is 20.3 Å². The van der Waals surface area contributed by atoms with Crippen molar-refractivity contribution in [1.29, 1.82) is 0 Å². The zero-order chi connectivity index (χ0) is 12.8. The summed E-state index contributed by atoms with van der Waals surface area (Å²) in [6, 6.07) is 5.75. The van der Waals surface area contributed by atoms with E-state index in [0.717, 1.165) is 29.7 Å². The number of ether oxygens (including phenoxy) is 1. The van der Waals surface area contributed by atoms with E-state index in [9.17, 15) is 0 Å². The van der Waals surface area contributed by atoms with E-state index in [0.29, 0.717) is 18.2 Å². The smallest absolute Gasteiger partial charge is 0.130 e. The Morgan fingerprint density at radius 1 is 1.39 bits per heavy atom. The SMILES string of the molecule is Cn1c(C2(N)CCOCC2)nc2cccc(Cl)c21. The van der Waals surface area contributed by atoms with Crippen LogP contribution in [0.2, 0.25) is 5.02 Å². The van der Waals surface area contributed by atoms with Crippen molar-refractivity contribution in [2.45, 2.75) is 18.4 Å². The molecule has 1 aromatic carbocycles. The second kappa shape index (κ2) is 4.23. The third-order valence-electron chi connectivity index (χ3n) is 3.68. The molecule has 2 N–H and O–H groups in total. The predicted octanol–water partition coefficient (Wildman–Crippen LogP) is 2.19. The first-order chi connectivity index (χ1) is 8.62. The minimum Gasteiger partial charge on any atom is -0.381 e. The topological polar surface area (TPSA) is 53.1 Å². The molecule has 0 bridgehead atoms. The van der Waals surface area contributed by atoms with Crippen LogP contribution in [-0.4, -0.2) is 22.8 Å². The van der Waals surface area contributed by atoms with Crippen molar-refractivity contribution in [3.63, 3.8) is 0 Å². The van der Waals surface area contributed by atoms with Gasteiger partial charge in [0.25, 0.3) is 0 Å². The van der Waals surface area contributed by atoms with Gasteiger partial charge in [-0.3, -0.25) is 0 Å². The van der Waals surface area contributed by atoms with Crippen molar-refractivity contribution >= 4 is 22.6 Å². The zero-order valence-electron chi connectivity index (χ0n) is 10.3. The second-order valence-corrected chi connectivity index (χ2v) is 5.28. The van der Waals surface area contributed by atoms with E-state index in [2.05, 4.69) is 4.98 Å². The fourth-order valence-electron chi connectivity index (χ4n) is 2.63. The average molecular weight is 266 g/mol. The summed E-state index contributed by atoms with van der Waals surface area (Å²) in [5.41, 5.74) is 7.93. The summed E-state index contributed by atoms with van der Waals surface area (Å²) in [5.74, 6) is 0.897. The first-order valence-corrected chi connectivity index (χ1v) is 6.48. The molecule has 2 aromatic rings. The van der Waals surface area contributed by atoms with Gasteiger partial charge in [-0.25, -0.2) is 4.98 Å². The standard InChI is InChI=1S/C13H16ClN3O/c1-17-11-9(14)3-2-4-10(11)16-12(17)13(15)5-7-18-8-6-13/h2-4H,5-8,15H2,1H3. The molecule has 0 aliphatic carbocycles. The van der Waals surface area contributed by atoms with Gasteiger partial charge in [0.05, 0.1) is 21.6 Å². The van der Waals surface area contributed by atoms with E-state index in [1.54, 1.807) is 0 Å². The van der Waals surface area contributed by atoms with Crippen molar-refractivity contribution in [3.8, 4) is 0 Å². The number of imidazole rings is 1. The monoisotopic (exact) mass is 265 g/mol. The number of para-hydroxylation sites is 1. The van der Waals surface area contributed by atoms with Gasteiger partial charge in [-0.05, 0) is 25.0 Å². The molecule has 96 valence electrons. The Balaban J connectivity index is 2.18. The Labute approximate surface area is 111 Å². The Morgan fingerprint density at radius 3 is 2.78 bits per heavy atom. The van der Waals surface area contributed by atoms with Gasteiger partial charge in [-0.2, -0.15) is 0 Å². The van der Waals surface area contributed by atoms with Gasteiger partial charge >= 0.3 is 0 Å². The predicted molar refractivity (Wildman–Crippen MR) is 71.6 cm³/mol. The maximum Gasteiger partial charge on any atom is 0.130 e. The van der Waals surface area contributed by atoms with Crippen LogP contribution in [0.3, 0.4) is 0 Å². The van der Waals surface area contributed by atoms with Crippen LogP contribution in [0.15, 0.2) is 18.2 Å². The molecular weight excluding hydrogens is 250 g/mol. The molecule has 4 nitrogen and oxygen atoms in total. The quantitative estimate of drug-likeness (QED) is 0.860. The summed E-state index contributed by atoms with van der Waals surface area (Å²) in [6.45, 7) is 1.38. The van der Waals surface area contributed by atoms with Crippen molar-refractivity contribution < 1.29 is 4.74 Å². The zero-order valence-corrected chi connectivity index (χ0v) is 11.1. The Hall–Kier alpha value is -1.10. The van der Waals surface area contributed by atoms with E-state index < -0.39 is 5.54 Å². The molecular formula is C13H16ClN3O. The van der Waals surface area contributed by atoms with Crippen LogP contribution in [0.5, 0.6) is 0 Å². The normalized spacial score (nSPS) is 19.3. The summed E-state index contributed by atoms with van der Waals surface area (Å²) in [5, 5.41) is 0.712. The molecule has 0 amide bonds. The molecule has 0 saturated carbocycles. The van der Waals surface area contributed by atoms with Crippen LogP contribution in [-0.2, 0) is 17.3 Å². The maximum absolute atomic E-state index is 6.49. The highest BCUT2D eigenvalue weighted by atomic mass is 35.5. The highest BCUT2D eigenvalue weighted by Crippen LogP contribution is 2.32. The van der Waals surface area contributed by atoms with Crippen molar-refractivity contribution in [2.75, 3.05) is 13.2 Å². The van der Waals surface area contributed by atoms with Gasteiger partial charge in [0.15, 0.2) is 0 Å². The molecule has 18 heavy (non-hydrogen) atoms. The Morgan fingerprint density at radius 2 is 2.11 bits per heavy atom. The minimum absolute atomic E-state index is 0.407. The lowest BCUT2D eigenvalue weighted by atomic mass is 9.90. The van der Waals surface area contributed by atoms with Gasteiger partial charge < -0.3 is 15.0 Å². The number of aryl methyl sites for hydroxylation is 1. The highest BCUT2D eigenvalue weighted by molar-refractivity contribution is 6.35. The number of halogens is 1. The Bertz CT molecular complexity index is 587. The van der Waals surface area contributed by atoms with Gasteiger partial charge in [-0.1, -0.05) is 17.7 Å². The molecule has 0 atom stereocenters. The van der Waals surface area contributed by atoms with Crippen LogP contribution in [0.25, 0.3) is 11.0 Å². The van der Waals surface area contributed by atoms with Crippen LogP contribution in [0, 0.1) is 0 Å². The number of aromatic nitrogens is 2. The highest BCUT2D eigenvalue weighted by Gasteiger charge is 2.34. The lowest BCUT2D eigenvalue weighted by molar-refractivity contribution is 0.0484. The van der Waals surface area contributed by atoms with E-state index in [4.69, 9.17) is 22.1 Å². The number of rotatable bonds is 1. The molecule has 3 rings (SSSR count). The first kappa shape index (κ1) is 12.0. The molecule has 1 fully saturated rings. The lowest BCUT2D eigenvalue weighted by Gasteiger charge is -2.32. The molecule has 5 heteroatoms. The fourth-order valence-corrected chi connectivity index (χ4v) is 2.92. The lowest BCUT2D eigenvalue weighted by Crippen LogP contribution is -2.44. The molecule has 1 aliphatic heterocycles. The third-order valence-corrected chi connectivity index (χ3v) is 3.98. The third kappa shape index (κ3) is 1.72. The number of fused-ring (bicyclic) bond motifs is 1. The van der Waals surface area contributed by atoms with Crippen LogP contribution in [0.1, 0.15) is 18.7 Å². The summed E-state index contributed by atoms with van der Waals surface area (Å²) < 4.78 is 7.40. The van der Waals surface area contributed by atoms with Crippen LogP contribution in [0.4, 0.5) is 0 Å². The molecule has 1 aliphatic rings. The van der Waals surface area contributed by atoms with Crippen molar-refractivity contribution in [2.24, 2.45) is 12.8 Å². The number of hydrogen-bond donors (Lipinski definition) is 1. The van der Waals surface area contributed by atoms with E-state index in [1.165, 1.54) is 0 Å². The number of nitrogens with zero attached hydrogens (tertiary/aromatic N) is 2. The van der Waals surface area contributed by atoms with E-state index in [1.807, 2.05) is 29.8 Å². The van der Waals surface area contributed by atoms with Gasteiger partial charge in [-0.15, -0.1) is 0 Å². The molecule has 1 saturated heterocycles. The molecule has 0 unspecified atom stereocenters. The largest absolute Gasteiger partial charge is 0.381 e. The molecule has 2 heterocycles. The van der Waals surface area contributed by atoms with E-state index in [-0.39, 0.29) is 0 Å². The van der Waals surface area contributed by atoms with Crippen molar-refractivity contribution in [3.05, 3.63) is 29.0 Å². The average Bonchev–Trinajstić information content (AvgIpc) is 2.70. The number of benzene rings is 1. The fraction of sp³-hybridized carbons (Fsp3) is 0.462. The van der Waals surface area contributed by atoms with E-state index >= 15 is 0 Å². The first-order valence-electron chi connectivity index (χ1n) is 6.10. The van der Waals surface area contributed by atoms with Gasteiger partial charge in [0.2, 0.25) is 0 Å². The van der Waals surface area contributed by atoms with Crippen molar-refractivity contribution in [1.82, 2.24) is 9.55 Å². The summed E-state index contributed by atoms with van der Waals surface area (Å²) in [6.07, 6.45) is 1.59.